The van der Waals surface area contributed by atoms with E-state index in [4.69, 9.17) is 16.3 Å². The average molecular weight is 424 g/mol. The highest BCUT2D eigenvalue weighted by Gasteiger charge is 2.07. The summed E-state index contributed by atoms with van der Waals surface area (Å²) in [4.78, 5) is 22.1. The Morgan fingerprint density at radius 3 is 2.43 bits per heavy atom. The molecule has 3 aromatic rings. The minimum Gasteiger partial charge on any atom is -0.489 e. The Labute approximate surface area is 178 Å². The second-order valence-corrected chi connectivity index (χ2v) is 6.75. The van der Waals surface area contributed by atoms with Crippen LogP contribution in [-0.4, -0.2) is 17.0 Å². The number of hydrogen-bond acceptors (Lipinski definition) is 5. The molecule has 0 saturated heterocycles. The molecule has 1 N–H and O–H groups in total. The smallest absolute Gasteiger partial charge is 0.269 e. The van der Waals surface area contributed by atoms with Gasteiger partial charge in [0.15, 0.2) is 0 Å². The monoisotopic (exact) mass is 423 g/mol. The molecule has 0 aliphatic heterocycles. The fraction of sp³-hybridized carbons (Fsp3) is 0.0909. The number of ether oxygens (including phenoxy) is 1. The van der Waals surface area contributed by atoms with Crippen molar-refractivity contribution in [3.05, 3.63) is 105 Å². The Balaban J connectivity index is 1.47. The standard InChI is InChI=1S/C22H18ClN3O4/c23-21-4-2-1-3-18(21)15-30-20-11-7-17(8-12-20)14-24-25-22(27)13-16-5-9-19(10-6-16)26(28)29/h1-12,14H,13,15H2,(H,25,27)/b24-14-. The highest BCUT2D eigenvalue weighted by Crippen LogP contribution is 2.18. The summed E-state index contributed by atoms with van der Waals surface area (Å²) in [5.41, 5.74) is 4.77. The number of rotatable bonds is 8. The van der Waals surface area contributed by atoms with Gasteiger partial charge in [-0.1, -0.05) is 41.9 Å². The second-order valence-electron chi connectivity index (χ2n) is 6.34. The molecule has 0 fully saturated rings. The van der Waals surface area contributed by atoms with E-state index in [-0.39, 0.29) is 18.0 Å². The van der Waals surface area contributed by atoms with Gasteiger partial charge in [-0.05, 0) is 41.5 Å². The minimum absolute atomic E-state index is 0.0172. The first-order valence-electron chi connectivity index (χ1n) is 9.03. The largest absolute Gasteiger partial charge is 0.489 e. The number of hydrogen-bond donors (Lipinski definition) is 1. The predicted molar refractivity (Wildman–Crippen MR) is 115 cm³/mol. The van der Waals surface area contributed by atoms with Crippen LogP contribution in [0.25, 0.3) is 0 Å². The van der Waals surface area contributed by atoms with Gasteiger partial charge in [-0.2, -0.15) is 5.10 Å². The van der Waals surface area contributed by atoms with E-state index < -0.39 is 4.92 Å². The van der Waals surface area contributed by atoms with Gasteiger partial charge in [-0.15, -0.1) is 0 Å². The number of benzene rings is 3. The molecule has 3 rings (SSSR count). The van der Waals surface area contributed by atoms with Gasteiger partial charge in [-0.3, -0.25) is 14.9 Å². The molecule has 0 aliphatic carbocycles. The lowest BCUT2D eigenvalue weighted by atomic mass is 10.1. The number of carbonyl (C=O) groups is 1. The van der Waals surface area contributed by atoms with Crippen molar-refractivity contribution >= 4 is 29.4 Å². The average Bonchev–Trinajstić information content (AvgIpc) is 2.74. The summed E-state index contributed by atoms with van der Waals surface area (Å²) in [5.74, 6) is 0.370. The Morgan fingerprint density at radius 2 is 1.77 bits per heavy atom. The number of nitrogens with one attached hydrogen (secondary N) is 1. The van der Waals surface area contributed by atoms with Crippen molar-refractivity contribution in [2.75, 3.05) is 0 Å². The van der Waals surface area contributed by atoms with Crippen LogP contribution in [0.2, 0.25) is 5.02 Å². The van der Waals surface area contributed by atoms with Crippen LogP contribution in [0, 0.1) is 10.1 Å². The van der Waals surface area contributed by atoms with Gasteiger partial charge in [0.05, 0.1) is 17.6 Å². The van der Waals surface area contributed by atoms with Crippen LogP contribution in [0.4, 0.5) is 5.69 Å². The number of nitro groups is 1. The number of non-ortho nitro benzene ring substituents is 1. The molecule has 0 spiro atoms. The van der Waals surface area contributed by atoms with E-state index in [1.807, 2.05) is 36.4 Å². The van der Waals surface area contributed by atoms with E-state index in [0.29, 0.717) is 22.9 Å². The third-order valence-electron chi connectivity index (χ3n) is 4.15. The van der Waals surface area contributed by atoms with E-state index in [1.54, 1.807) is 24.3 Å². The van der Waals surface area contributed by atoms with Crippen molar-refractivity contribution in [2.45, 2.75) is 13.0 Å². The van der Waals surface area contributed by atoms with Gasteiger partial charge in [0.1, 0.15) is 12.4 Å². The van der Waals surface area contributed by atoms with Crippen molar-refractivity contribution in [3.63, 3.8) is 0 Å². The van der Waals surface area contributed by atoms with Gasteiger partial charge in [-0.25, -0.2) is 5.43 Å². The molecule has 0 heterocycles. The number of nitro benzene ring substituents is 1. The fourth-order valence-electron chi connectivity index (χ4n) is 2.57. The highest BCUT2D eigenvalue weighted by molar-refractivity contribution is 6.31. The molecule has 30 heavy (non-hydrogen) atoms. The first-order chi connectivity index (χ1) is 14.5. The third kappa shape index (κ3) is 6.15. The van der Waals surface area contributed by atoms with Gasteiger partial charge >= 0.3 is 0 Å². The lowest BCUT2D eigenvalue weighted by Gasteiger charge is -2.07. The first-order valence-corrected chi connectivity index (χ1v) is 9.40. The molecule has 0 atom stereocenters. The summed E-state index contributed by atoms with van der Waals surface area (Å²) < 4.78 is 5.72. The maximum atomic E-state index is 11.9. The summed E-state index contributed by atoms with van der Waals surface area (Å²) in [6, 6.07) is 20.5. The maximum Gasteiger partial charge on any atom is 0.269 e. The van der Waals surface area contributed by atoms with Crippen molar-refractivity contribution in [3.8, 4) is 5.75 Å². The van der Waals surface area contributed by atoms with Crippen molar-refractivity contribution in [1.29, 1.82) is 0 Å². The lowest BCUT2D eigenvalue weighted by Crippen LogP contribution is -2.19. The molecule has 0 unspecified atom stereocenters. The molecule has 8 heteroatoms. The Morgan fingerprint density at radius 1 is 1.07 bits per heavy atom. The van der Waals surface area contributed by atoms with Gasteiger partial charge in [0.25, 0.3) is 5.69 Å². The maximum absolute atomic E-state index is 11.9. The van der Waals surface area contributed by atoms with Crippen LogP contribution >= 0.6 is 11.6 Å². The first kappa shape index (κ1) is 21.0. The number of hydrazone groups is 1. The molecule has 3 aromatic carbocycles. The zero-order chi connectivity index (χ0) is 21.3. The number of amides is 1. The van der Waals surface area contributed by atoms with Crippen LogP contribution in [0.1, 0.15) is 16.7 Å². The van der Waals surface area contributed by atoms with Crippen LogP contribution in [-0.2, 0) is 17.8 Å². The molecule has 152 valence electrons. The van der Waals surface area contributed by atoms with Crippen molar-refractivity contribution in [1.82, 2.24) is 5.43 Å². The third-order valence-corrected chi connectivity index (χ3v) is 4.52. The molecule has 0 aliphatic rings. The lowest BCUT2D eigenvalue weighted by molar-refractivity contribution is -0.384. The van der Waals surface area contributed by atoms with E-state index in [1.165, 1.54) is 18.3 Å². The van der Waals surface area contributed by atoms with E-state index in [0.717, 1.165) is 11.1 Å². The minimum atomic E-state index is -0.485. The summed E-state index contributed by atoms with van der Waals surface area (Å²) in [7, 11) is 0. The zero-order valence-electron chi connectivity index (χ0n) is 15.8. The fourth-order valence-corrected chi connectivity index (χ4v) is 2.76. The van der Waals surface area contributed by atoms with Gasteiger partial charge < -0.3 is 4.74 Å². The quantitative estimate of drug-likeness (QED) is 0.327. The molecular formula is C22H18ClN3O4. The number of halogens is 1. The molecular weight excluding hydrogens is 406 g/mol. The molecule has 7 nitrogen and oxygen atoms in total. The van der Waals surface area contributed by atoms with Gasteiger partial charge in [0, 0.05) is 22.7 Å². The topological polar surface area (TPSA) is 93.8 Å². The SMILES string of the molecule is O=C(Cc1ccc([N+](=O)[O-])cc1)N/N=C\c1ccc(OCc2ccccc2Cl)cc1. The molecule has 0 bridgehead atoms. The van der Waals surface area contributed by atoms with Crippen molar-refractivity contribution < 1.29 is 14.5 Å². The van der Waals surface area contributed by atoms with Crippen LogP contribution in [0.3, 0.4) is 0 Å². The number of carbonyl (C=O) groups excluding carboxylic acids is 1. The van der Waals surface area contributed by atoms with E-state index in [2.05, 4.69) is 10.5 Å². The Hall–Kier alpha value is -3.71. The second kappa shape index (κ2) is 10.2. The normalized spacial score (nSPS) is 10.7. The highest BCUT2D eigenvalue weighted by atomic mass is 35.5. The van der Waals surface area contributed by atoms with Crippen LogP contribution in [0.5, 0.6) is 5.75 Å². The summed E-state index contributed by atoms with van der Waals surface area (Å²) in [6.45, 7) is 0.367. The molecule has 0 radical (unpaired) electrons. The Bertz CT molecular complexity index is 1050. The number of nitrogens with zero attached hydrogens (tertiary/aromatic N) is 2. The summed E-state index contributed by atoms with van der Waals surface area (Å²) in [5, 5.41) is 15.2. The molecule has 1 amide bonds. The Kier molecular flexibility index (Phi) is 7.13. The predicted octanol–water partition coefficient (Wildman–Crippen LogP) is 4.52. The van der Waals surface area contributed by atoms with Crippen LogP contribution < -0.4 is 10.2 Å². The summed E-state index contributed by atoms with van der Waals surface area (Å²) >= 11 is 6.11. The van der Waals surface area contributed by atoms with Crippen molar-refractivity contribution in [2.24, 2.45) is 5.10 Å². The van der Waals surface area contributed by atoms with Crippen LogP contribution in [0.15, 0.2) is 77.9 Å². The zero-order valence-corrected chi connectivity index (χ0v) is 16.6. The van der Waals surface area contributed by atoms with E-state index >= 15 is 0 Å². The summed E-state index contributed by atoms with van der Waals surface area (Å²) in [6.07, 6.45) is 1.59. The molecule has 0 aromatic heterocycles. The van der Waals surface area contributed by atoms with E-state index in [9.17, 15) is 14.9 Å². The van der Waals surface area contributed by atoms with Gasteiger partial charge in [0.2, 0.25) is 5.91 Å². The molecule has 0 saturated carbocycles.